The molecule has 0 aromatic heterocycles. The molecule has 0 amide bonds. The summed E-state index contributed by atoms with van der Waals surface area (Å²) in [6.07, 6.45) is 3.65. The Morgan fingerprint density at radius 1 is 0.720 bits per heavy atom. The van der Waals surface area contributed by atoms with Gasteiger partial charge in [-0.3, -0.25) is 0 Å². The predicted molar refractivity (Wildman–Crippen MR) is 124 cm³/mol. The highest BCUT2D eigenvalue weighted by molar-refractivity contribution is 7.74. The SMILES string of the molecule is CC.CC.CC.CCCN(CCC)CCCN(C)c1c(C)c(=S)c1=S. The lowest BCUT2D eigenvalue weighted by molar-refractivity contribution is 0.272. The molecule has 0 aliphatic heterocycles. The second-order valence-corrected chi connectivity index (χ2v) is 6.07. The van der Waals surface area contributed by atoms with E-state index in [1.165, 1.54) is 50.1 Å². The summed E-state index contributed by atoms with van der Waals surface area (Å²) in [4.78, 5) is 4.82. The predicted octanol–water partition coefficient (Wildman–Crippen LogP) is 7.36. The molecule has 0 atom stereocenters. The number of hydrogen-bond donors (Lipinski definition) is 0. The van der Waals surface area contributed by atoms with Crippen molar-refractivity contribution in [2.45, 2.75) is 81.6 Å². The molecule has 1 aromatic rings. The summed E-state index contributed by atoms with van der Waals surface area (Å²) in [5.41, 5.74) is 2.39. The molecule has 2 nitrogen and oxygen atoms in total. The van der Waals surface area contributed by atoms with Crippen molar-refractivity contribution in [3.63, 3.8) is 0 Å². The maximum absolute atomic E-state index is 5.32. The highest BCUT2D eigenvalue weighted by atomic mass is 32.1. The molecule has 0 fully saturated rings. The molecule has 0 N–H and O–H groups in total. The summed E-state index contributed by atoms with van der Waals surface area (Å²) in [6.45, 7) is 23.2. The molecular formula is C21H44N2S2. The van der Waals surface area contributed by atoms with E-state index in [2.05, 4.69) is 37.6 Å². The van der Waals surface area contributed by atoms with Crippen molar-refractivity contribution in [3.8, 4) is 0 Å². The van der Waals surface area contributed by atoms with Crippen molar-refractivity contribution >= 4 is 30.1 Å². The normalized spacial score (nSPS) is 9.40. The molecule has 1 aromatic carbocycles. The lowest BCUT2D eigenvalue weighted by Crippen LogP contribution is -2.30. The van der Waals surface area contributed by atoms with Crippen molar-refractivity contribution in [1.82, 2.24) is 4.90 Å². The Balaban J connectivity index is -0.000000725. The van der Waals surface area contributed by atoms with Gasteiger partial charge in [0.25, 0.3) is 0 Å². The van der Waals surface area contributed by atoms with E-state index in [9.17, 15) is 0 Å². The zero-order chi connectivity index (χ0) is 20.4. The quantitative estimate of drug-likeness (QED) is 0.407. The fourth-order valence-corrected chi connectivity index (χ4v) is 3.22. The Morgan fingerprint density at radius 3 is 1.52 bits per heavy atom. The summed E-state index contributed by atoms with van der Waals surface area (Å²) in [7, 11) is 2.12. The number of anilines is 1. The van der Waals surface area contributed by atoms with Gasteiger partial charge in [-0.2, -0.15) is 0 Å². The zero-order valence-electron chi connectivity index (χ0n) is 18.7. The molecule has 4 heteroatoms. The Kier molecular flexibility index (Phi) is 23.6. The fraction of sp³-hybridized carbons (Fsp3) is 0.810. The first-order chi connectivity index (χ1) is 12.0. The van der Waals surface area contributed by atoms with Gasteiger partial charge in [-0.1, -0.05) is 79.8 Å². The summed E-state index contributed by atoms with van der Waals surface area (Å²) >= 11 is 10.5. The Hall–Kier alpha value is -0.320. The summed E-state index contributed by atoms with van der Waals surface area (Å²) in [6, 6.07) is 0. The highest BCUT2D eigenvalue weighted by Gasteiger charge is 2.14. The van der Waals surface area contributed by atoms with Gasteiger partial charge in [-0.15, -0.1) is 0 Å². The van der Waals surface area contributed by atoms with Gasteiger partial charge in [0, 0.05) is 13.6 Å². The molecule has 1 rings (SSSR count). The zero-order valence-corrected chi connectivity index (χ0v) is 20.3. The number of rotatable bonds is 9. The molecule has 0 aliphatic rings. The van der Waals surface area contributed by atoms with Gasteiger partial charge in [0.2, 0.25) is 0 Å². The first kappa shape index (κ1) is 29.4. The number of hydrogen-bond acceptors (Lipinski definition) is 4. The van der Waals surface area contributed by atoms with Gasteiger partial charge >= 0.3 is 0 Å². The standard InChI is InChI=1S/C15H26N2S2.3C2H6/c1-5-8-17(9-6-2)11-7-10-16(4)13-12(3)14(18)15(13)19;3*1-2/h5-11H2,1-4H3;3*1-2H3. The van der Waals surface area contributed by atoms with E-state index in [4.69, 9.17) is 24.4 Å². The van der Waals surface area contributed by atoms with E-state index in [1.54, 1.807) is 0 Å². The third-order valence-corrected chi connectivity index (χ3v) is 4.58. The molecule has 0 saturated carbocycles. The molecule has 0 bridgehead atoms. The van der Waals surface area contributed by atoms with Gasteiger partial charge in [-0.05, 0) is 51.4 Å². The van der Waals surface area contributed by atoms with E-state index in [0.717, 1.165) is 15.6 Å². The van der Waals surface area contributed by atoms with Gasteiger partial charge in [0.1, 0.15) is 0 Å². The van der Waals surface area contributed by atoms with Gasteiger partial charge in [0.15, 0.2) is 0 Å². The smallest absolute Gasteiger partial charge is 0.0797 e. The van der Waals surface area contributed by atoms with Gasteiger partial charge in [-0.25, -0.2) is 0 Å². The van der Waals surface area contributed by atoms with Crippen molar-refractivity contribution in [2.24, 2.45) is 0 Å². The molecule has 0 heterocycles. The minimum Gasteiger partial charge on any atom is -0.373 e. The van der Waals surface area contributed by atoms with E-state index >= 15 is 0 Å². The van der Waals surface area contributed by atoms with Crippen LogP contribution in [-0.4, -0.2) is 38.1 Å². The van der Waals surface area contributed by atoms with Crippen LogP contribution >= 0.6 is 24.4 Å². The van der Waals surface area contributed by atoms with E-state index in [0.29, 0.717) is 0 Å². The molecule has 0 saturated heterocycles. The monoisotopic (exact) mass is 388 g/mol. The summed E-state index contributed by atoms with van der Waals surface area (Å²) in [5.74, 6) is 0. The van der Waals surface area contributed by atoms with Crippen LogP contribution in [0.3, 0.4) is 0 Å². The van der Waals surface area contributed by atoms with Crippen molar-refractivity contribution in [3.05, 3.63) is 14.6 Å². The first-order valence-corrected chi connectivity index (χ1v) is 11.1. The van der Waals surface area contributed by atoms with Crippen LogP contribution in [0.2, 0.25) is 0 Å². The average molecular weight is 389 g/mol. The van der Waals surface area contributed by atoms with Crippen LogP contribution in [0.15, 0.2) is 0 Å². The maximum atomic E-state index is 5.32. The van der Waals surface area contributed by atoms with Crippen molar-refractivity contribution in [2.75, 3.05) is 38.1 Å². The Morgan fingerprint density at radius 2 is 1.16 bits per heavy atom. The summed E-state index contributed by atoms with van der Waals surface area (Å²) < 4.78 is 1.77. The highest BCUT2D eigenvalue weighted by Crippen LogP contribution is 2.28. The molecule has 0 aliphatic carbocycles. The van der Waals surface area contributed by atoms with Crippen molar-refractivity contribution < 1.29 is 0 Å². The second kappa shape index (κ2) is 20.0. The van der Waals surface area contributed by atoms with Crippen LogP contribution in [0.5, 0.6) is 0 Å². The minimum atomic E-state index is 0.883. The molecule has 0 spiro atoms. The molecule has 0 radical (unpaired) electrons. The second-order valence-electron chi connectivity index (χ2n) is 5.25. The lowest BCUT2D eigenvalue weighted by atomic mass is 10.1. The van der Waals surface area contributed by atoms with Crippen molar-refractivity contribution in [1.29, 1.82) is 0 Å². The molecular weight excluding hydrogens is 344 g/mol. The van der Waals surface area contributed by atoms with Crippen LogP contribution in [0, 0.1) is 15.9 Å². The van der Waals surface area contributed by atoms with Crippen LogP contribution in [0.1, 0.15) is 80.2 Å². The van der Waals surface area contributed by atoms with E-state index < -0.39 is 0 Å². The average Bonchev–Trinajstić information content (AvgIpc) is 2.67. The Labute approximate surface area is 169 Å². The molecule has 0 unspecified atom stereocenters. The van der Waals surface area contributed by atoms with Crippen LogP contribution in [-0.2, 0) is 0 Å². The lowest BCUT2D eigenvalue weighted by Gasteiger charge is -2.26. The fourth-order valence-electron chi connectivity index (χ4n) is 2.56. The molecule has 150 valence electrons. The first-order valence-electron chi connectivity index (χ1n) is 10.3. The third-order valence-electron chi connectivity index (χ3n) is 3.55. The largest absolute Gasteiger partial charge is 0.373 e. The maximum Gasteiger partial charge on any atom is 0.0797 e. The number of nitrogens with zero attached hydrogens (tertiary/aromatic N) is 2. The topological polar surface area (TPSA) is 6.48 Å². The van der Waals surface area contributed by atoms with Crippen LogP contribution in [0.4, 0.5) is 5.69 Å². The summed E-state index contributed by atoms with van der Waals surface area (Å²) in [5, 5.41) is 0. The Bertz CT molecular complexity index is 456. The van der Waals surface area contributed by atoms with Crippen LogP contribution in [0.25, 0.3) is 0 Å². The third kappa shape index (κ3) is 11.1. The van der Waals surface area contributed by atoms with E-state index in [1.807, 2.05) is 41.5 Å². The van der Waals surface area contributed by atoms with Crippen LogP contribution < -0.4 is 4.90 Å². The molecule has 25 heavy (non-hydrogen) atoms. The van der Waals surface area contributed by atoms with Gasteiger partial charge in [0.05, 0.1) is 14.7 Å². The minimum absolute atomic E-state index is 0.883. The van der Waals surface area contributed by atoms with E-state index in [-0.39, 0.29) is 0 Å². The van der Waals surface area contributed by atoms with Gasteiger partial charge < -0.3 is 9.80 Å².